The highest BCUT2D eigenvalue weighted by atomic mass is 16.2. The van der Waals surface area contributed by atoms with Crippen molar-refractivity contribution in [1.29, 1.82) is 0 Å². The molecule has 0 radical (unpaired) electrons. The fourth-order valence-corrected chi connectivity index (χ4v) is 5.81. The molecule has 0 N–H and O–H groups in total. The maximum absolute atomic E-state index is 13.6. The van der Waals surface area contributed by atoms with Crippen LogP contribution in [-0.2, 0) is 24.4 Å². The summed E-state index contributed by atoms with van der Waals surface area (Å²) in [5.41, 5.74) is 3.54. The van der Waals surface area contributed by atoms with Gasteiger partial charge in [-0.2, -0.15) is 0 Å². The fraction of sp³-hybridized carbons (Fsp3) is 0.242. The van der Waals surface area contributed by atoms with E-state index < -0.39 is 12.2 Å². The van der Waals surface area contributed by atoms with E-state index in [1.807, 2.05) is 24.3 Å². The van der Waals surface area contributed by atoms with Crippen LogP contribution in [0, 0.1) is 0 Å². The Morgan fingerprint density at radius 3 is 2.00 bits per heavy atom. The summed E-state index contributed by atoms with van der Waals surface area (Å²) in [5, 5.41) is 2.31. The molecule has 0 bridgehead atoms. The highest BCUT2D eigenvalue weighted by Crippen LogP contribution is 2.31. The minimum absolute atomic E-state index is 0.218. The van der Waals surface area contributed by atoms with Gasteiger partial charge in [-0.1, -0.05) is 103 Å². The second-order valence-electron chi connectivity index (χ2n) is 10.6. The van der Waals surface area contributed by atoms with Crippen LogP contribution in [-0.4, -0.2) is 70.2 Å². The van der Waals surface area contributed by atoms with Crippen molar-refractivity contribution in [3.8, 4) is 0 Å². The van der Waals surface area contributed by atoms with Crippen LogP contribution in [0.15, 0.2) is 108 Å². The summed E-state index contributed by atoms with van der Waals surface area (Å²) in [7, 11) is 3.29. The van der Waals surface area contributed by atoms with E-state index >= 15 is 0 Å². The fourth-order valence-electron chi connectivity index (χ4n) is 5.81. The van der Waals surface area contributed by atoms with Gasteiger partial charge in [0.15, 0.2) is 12.2 Å². The number of benzene rings is 4. The van der Waals surface area contributed by atoms with Crippen LogP contribution in [0.5, 0.6) is 0 Å². The summed E-state index contributed by atoms with van der Waals surface area (Å²) in [6.45, 7) is 2.53. The maximum atomic E-state index is 13.6. The lowest BCUT2D eigenvalue weighted by molar-refractivity contribution is -0.136. The van der Waals surface area contributed by atoms with E-state index in [0.717, 1.165) is 35.3 Å². The number of nitrogens with zero attached hydrogens (tertiary/aromatic N) is 5. The molecule has 7 heteroatoms. The smallest absolute Gasteiger partial charge is 0.328 e. The van der Waals surface area contributed by atoms with Crippen LogP contribution in [0.25, 0.3) is 10.8 Å². The SMILES string of the molecule is CN1C(=O)C2C(N=C(CN(Cc3ccccc3)Cc3ccccc3)N2Cc2cccc3ccccc23)N(C)C1=O. The standard InChI is InChI=1S/C33H33N5O2/c1-35-31-30(32(39)36(2)33(35)40)38(22-27-18-11-17-26-16-9-10-19-28(26)27)29(34-31)23-37(20-24-12-5-3-6-13-24)21-25-14-7-4-8-15-25/h3-19,30-31H,20-23H2,1-2H3. The number of likely N-dealkylation sites (N-methyl/N-ethyl adjacent to an activating group) is 2. The van der Waals surface area contributed by atoms with Gasteiger partial charge in [-0.15, -0.1) is 0 Å². The Balaban J connectivity index is 1.37. The second kappa shape index (κ2) is 10.9. The average Bonchev–Trinajstić information content (AvgIpc) is 3.33. The topological polar surface area (TPSA) is 59.5 Å². The number of fused-ring (bicyclic) bond motifs is 2. The quantitative estimate of drug-likeness (QED) is 0.322. The molecule has 6 rings (SSSR count). The number of rotatable bonds is 8. The van der Waals surface area contributed by atoms with Crippen molar-refractivity contribution in [2.45, 2.75) is 31.8 Å². The minimum atomic E-state index is -0.572. The molecule has 0 aliphatic carbocycles. The summed E-state index contributed by atoms with van der Waals surface area (Å²) in [6, 6.07) is 34.5. The first-order valence-corrected chi connectivity index (χ1v) is 13.6. The van der Waals surface area contributed by atoms with Crippen LogP contribution in [0.1, 0.15) is 16.7 Å². The zero-order chi connectivity index (χ0) is 27.6. The first-order valence-electron chi connectivity index (χ1n) is 13.6. The molecule has 202 valence electrons. The van der Waals surface area contributed by atoms with Gasteiger partial charge in [0.1, 0.15) is 5.84 Å². The normalized spacial score (nSPS) is 19.0. The Kier molecular flexibility index (Phi) is 7.05. The highest BCUT2D eigenvalue weighted by molar-refractivity contribution is 6.04. The van der Waals surface area contributed by atoms with E-state index in [1.54, 1.807) is 19.0 Å². The molecular formula is C33H33N5O2. The first kappa shape index (κ1) is 25.8. The molecule has 2 aliphatic heterocycles. The molecule has 40 heavy (non-hydrogen) atoms. The average molecular weight is 532 g/mol. The Labute approximate surface area is 234 Å². The van der Waals surface area contributed by atoms with E-state index in [1.165, 1.54) is 16.0 Å². The van der Waals surface area contributed by atoms with Crippen molar-refractivity contribution in [2.75, 3.05) is 20.6 Å². The van der Waals surface area contributed by atoms with Crippen LogP contribution < -0.4 is 0 Å². The summed E-state index contributed by atoms with van der Waals surface area (Å²) < 4.78 is 0. The lowest BCUT2D eigenvalue weighted by Gasteiger charge is -2.40. The van der Waals surface area contributed by atoms with Gasteiger partial charge in [0.05, 0.1) is 6.54 Å². The number of hydrogen-bond acceptors (Lipinski definition) is 5. The van der Waals surface area contributed by atoms with Gasteiger partial charge >= 0.3 is 6.03 Å². The Hall–Kier alpha value is -4.49. The van der Waals surface area contributed by atoms with Gasteiger partial charge < -0.3 is 9.80 Å². The largest absolute Gasteiger partial charge is 0.339 e. The van der Waals surface area contributed by atoms with Gasteiger partial charge in [0, 0.05) is 33.7 Å². The van der Waals surface area contributed by atoms with E-state index in [9.17, 15) is 9.59 Å². The number of carbonyl (C=O) groups is 2. The second-order valence-corrected chi connectivity index (χ2v) is 10.6. The lowest BCUT2D eigenvalue weighted by atomic mass is 10.0. The zero-order valence-corrected chi connectivity index (χ0v) is 22.9. The molecule has 4 aromatic carbocycles. The van der Waals surface area contributed by atoms with Gasteiger partial charge in [0.2, 0.25) is 0 Å². The molecule has 1 saturated heterocycles. The van der Waals surface area contributed by atoms with Crippen molar-refractivity contribution in [3.05, 3.63) is 120 Å². The number of amides is 3. The van der Waals surface area contributed by atoms with Gasteiger partial charge in [0.25, 0.3) is 5.91 Å². The van der Waals surface area contributed by atoms with E-state index in [4.69, 9.17) is 4.99 Å². The van der Waals surface area contributed by atoms with Crippen molar-refractivity contribution >= 4 is 28.5 Å². The molecule has 7 nitrogen and oxygen atoms in total. The predicted octanol–water partition coefficient (Wildman–Crippen LogP) is 4.97. The first-order chi connectivity index (χ1) is 19.5. The maximum Gasteiger partial charge on any atom is 0.328 e. The number of amidine groups is 1. The molecular weight excluding hydrogens is 498 g/mol. The predicted molar refractivity (Wildman–Crippen MR) is 157 cm³/mol. The number of imide groups is 1. The van der Waals surface area contributed by atoms with E-state index in [-0.39, 0.29) is 11.9 Å². The van der Waals surface area contributed by atoms with E-state index in [0.29, 0.717) is 13.1 Å². The molecule has 2 heterocycles. The molecule has 3 amide bonds. The van der Waals surface area contributed by atoms with Crippen LogP contribution in [0.3, 0.4) is 0 Å². The van der Waals surface area contributed by atoms with Crippen molar-refractivity contribution in [2.24, 2.45) is 4.99 Å². The Morgan fingerprint density at radius 1 is 0.725 bits per heavy atom. The third-order valence-electron chi connectivity index (χ3n) is 7.88. The van der Waals surface area contributed by atoms with Gasteiger partial charge in [-0.3, -0.25) is 14.6 Å². The summed E-state index contributed by atoms with van der Waals surface area (Å²) in [4.78, 5) is 38.8. The molecule has 1 fully saturated rings. The Bertz CT molecular complexity index is 1510. The highest BCUT2D eigenvalue weighted by Gasteiger charge is 2.51. The molecule has 4 aromatic rings. The molecule has 0 spiro atoms. The number of urea groups is 1. The lowest BCUT2D eigenvalue weighted by Crippen LogP contribution is -2.64. The zero-order valence-electron chi connectivity index (χ0n) is 22.9. The van der Waals surface area contributed by atoms with Crippen LogP contribution >= 0.6 is 0 Å². The third kappa shape index (κ3) is 4.96. The molecule has 0 saturated carbocycles. The summed E-state index contributed by atoms with van der Waals surface area (Å²) in [6.07, 6.45) is -0.559. The van der Waals surface area contributed by atoms with Crippen molar-refractivity contribution < 1.29 is 9.59 Å². The van der Waals surface area contributed by atoms with Crippen LogP contribution in [0.4, 0.5) is 4.79 Å². The monoisotopic (exact) mass is 531 g/mol. The number of carbonyl (C=O) groups excluding carboxylic acids is 2. The van der Waals surface area contributed by atoms with Crippen molar-refractivity contribution in [3.63, 3.8) is 0 Å². The molecule has 0 aromatic heterocycles. The van der Waals surface area contributed by atoms with Gasteiger partial charge in [-0.25, -0.2) is 9.79 Å². The summed E-state index contributed by atoms with van der Waals surface area (Å²) >= 11 is 0. The van der Waals surface area contributed by atoms with Gasteiger partial charge in [-0.05, 0) is 27.5 Å². The molecule has 2 aliphatic rings. The van der Waals surface area contributed by atoms with E-state index in [2.05, 4.69) is 88.7 Å². The Morgan fingerprint density at radius 2 is 1.32 bits per heavy atom. The molecule has 2 unspecified atom stereocenters. The van der Waals surface area contributed by atoms with Crippen molar-refractivity contribution in [1.82, 2.24) is 19.6 Å². The van der Waals surface area contributed by atoms with Crippen LogP contribution in [0.2, 0.25) is 0 Å². The molecule has 2 atom stereocenters. The third-order valence-corrected chi connectivity index (χ3v) is 7.88. The minimum Gasteiger partial charge on any atom is -0.339 e. The summed E-state index contributed by atoms with van der Waals surface area (Å²) in [5.74, 6) is 0.600. The number of hydrogen-bond donors (Lipinski definition) is 0. The number of aliphatic imine (C=N–C) groups is 1.